The van der Waals surface area contributed by atoms with E-state index in [1.54, 1.807) is 7.11 Å². The van der Waals surface area contributed by atoms with E-state index in [1.807, 2.05) is 18.2 Å². The molecule has 76 valence electrons. The van der Waals surface area contributed by atoms with Crippen molar-refractivity contribution < 1.29 is 4.74 Å². The second-order valence-corrected chi connectivity index (χ2v) is 4.19. The van der Waals surface area contributed by atoms with E-state index in [0.717, 1.165) is 16.3 Å². The summed E-state index contributed by atoms with van der Waals surface area (Å²) in [6, 6.07) is 5.68. The molecule has 0 aromatic heterocycles. The summed E-state index contributed by atoms with van der Waals surface area (Å²) in [5.74, 6) is 1.45. The van der Waals surface area contributed by atoms with Gasteiger partial charge in [0.25, 0.3) is 0 Å². The maximum absolute atomic E-state index is 6.11. The van der Waals surface area contributed by atoms with Crippen molar-refractivity contribution in [2.45, 2.75) is 18.9 Å². The summed E-state index contributed by atoms with van der Waals surface area (Å²) < 4.78 is 5.26. The number of nitrogens with two attached hydrogens (primary N) is 1. The minimum Gasteiger partial charge on any atom is -0.496 e. The molecule has 1 saturated carbocycles. The lowest BCUT2D eigenvalue weighted by Gasteiger charge is -2.15. The van der Waals surface area contributed by atoms with Crippen molar-refractivity contribution in [1.82, 2.24) is 0 Å². The van der Waals surface area contributed by atoms with E-state index in [2.05, 4.69) is 0 Å². The van der Waals surface area contributed by atoms with Gasteiger partial charge in [-0.1, -0.05) is 11.6 Å². The third kappa shape index (κ3) is 1.86. The van der Waals surface area contributed by atoms with Gasteiger partial charge in [-0.3, -0.25) is 0 Å². The molecular weight excluding hydrogens is 198 g/mol. The highest BCUT2D eigenvalue weighted by Crippen LogP contribution is 2.42. The van der Waals surface area contributed by atoms with Crippen LogP contribution in [-0.4, -0.2) is 7.11 Å². The average molecular weight is 212 g/mol. The number of hydrogen-bond acceptors (Lipinski definition) is 2. The lowest BCUT2D eigenvalue weighted by Crippen LogP contribution is -2.13. The Balaban J connectivity index is 2.32. The first-order valence-electron chi connectivity index (χ1n) is 4.81. The molecule has 0 heterocycles. The maximum atomic E-state index is 6.11. The van der Waals surface area contributed by atoms with Gasteiger partial charge in [-0.2, -0.15) is 0 Å². The van der Waals surface area contributed by atoms with Crippen molar-refractivity contribution in [3.8, 4) is 5.75 Å². The number of benzene rings is 1. The van der Waals surface area contributed by atoms with Crippen molar-refractivity contribution in [3.05, 3.63) is 28.8 Å². The van der Waals surface area contributed by atoms with Crippen LogP contribution >= 0.6 is 11.6 Å². The van der Waals surface area contributed by atoms with E-state index >= 15 is 0 Å². The Morgan fingerprint density at radius 1 is 1.50 bits per heavy atom. The van der Waals surface area contributed by atoms with E-state index in [1.165, 1.54) is 12.8 Å². The summed E-state index contributed by atoms with van der Waals surface area (Å²) in [6.45, 7) is 0. The Bertz CT molecular complexity index is 336. The monoisotopic (exact) mass is 211 g/mol. The molecule has 0 aliphatic heterocycles. The number of rotatable bonds is 3. The van der Waals surface area contributed by atoms with Crippen LogP contribution in [0.3, 0.4) is 0 Å². The molecule has 1 aromatic carbocycles. The first kappa shape index (κ1) is 9.81. The van der Waals surface area contributed by atoms with Crippen LogP contribution in [0.2, 0.25) is 5.02 Å². The molecule has 1 aromatic rings. The fourth-order valence-electron chi connectivity index (χ4n) is 1.67. The van der Waals surface area contributed by atoms with Crippen molar-refractivity contribution in [3.63, 3.8) is 0 Å². The molecule has 0 spiro atoms. The van der Waals surface area contributed by atoms with Gasteiger partial charge >= 0.3 is 0 Å². The molecule has 14 heavy (non-hydrogen) atoms. The highest BCUT2D eigenvalue weighted by molar-refractivity contribution is 6.30. The molecule has 1 aliphatic carbocycles. The van der Waals surface area contributed by atoms with Gasteiger partial charge < -0.3 is 10.5 Å². The molecule has 2 nitrogen and oxygen atoms in total. The summed E-state index contributed by atoms with van der Waals surface area (Å²) in [5, 5.41) is 0.719. The first-order valence-corrected chi connectivity index (χ1v) is 5.19. The molecular formula is C11H14ClNO. The second-order valence-electron chi connectivity index (χ2n) is 3.75. The largest absolute Gasteiger partial charge is 0.496 e. The molecule has 0 radical (unpaired) electrons. The molecule has 2 rings (SSSR count). The molecule has 3 heteroatoms. The maximum Gasteiger partial charge on any atom is 0.123 e. The van der Waals surface area contributed by atoms with Gasteiger partial charge in [0.15, 0.2) is 0 Å². The fourth-order valence-corrected chi connectivity index (χ4v) is 1.86. The van der Waals surface area contributed by atoms with E-state index in [-0.39, 0.29) is 6.04 Å². The Morgan fingerprint density at radius 2 is 2.21 bits per heavy atom. The van der Waals surface area contributed by atoms with Crippen molar-refractivity contribution in [2.75, 3.05) is 7.11 Å². The molecule has 0 bridgehead atoms. The Hall–Kier alpha value is -0.730. The first-order chi connectivity index (χ1) is 6.72. The standard InChI is InChI=1S/C11H14ClNO/c1-14-10-5-4-8(12)6-9(10)11(13)7-2-3-7/h4-7,11H,2-3,13H2,1H3/t11-/m1/s1. The van der Waals surface area contributed by atoms with Gasteiger partial charge in [0.2, 0.25) is 0 Å². The average Bonchev–Trinajstić information content (AvgIpc) is 3.00. The van der Waals surface area contributed by atoms with E-state index in [4.69, 9.17) is 22.1 Å². The lowest BCUT2D eigenvalue weighted by atomic mass is 10.0. The quantitative estimate of drug-likeness (QED) is 0.835. The normalized spacial score (nSPS) is 17.9. The van der Waals surface area contributed by atoms with Gasteiger partial charge in [0.1, 0.15) is 5.75 Å². The Labute approximate surface area is 89.0 Å². The van der Waals surface area contributed by atoms with Gasteiger partial charge in [-0.15, -0.1) is 0 Å². The molecule has 1 fully saturated rings. The molecule has 0 saturated heterocycles. The van der Waals surface area contributed by atoms with Crippen molar-refractivity contribution in [1.29, 1.82) is 0 Å². The predicted molar refractivity (Wildman–Crippen MR) is 57.7 cm³/mol. The summed E-state index contributed by atoms with van der Waals surface area (Å²) in [6.07, 6.45) is 2.44. The Morgan fingerprint density at radius 3 is 2.79 bits per heavy atom. The van der Waals surface area contributed by atoms with Crippen LogP contribution in [0.1, 0.15) is 24.4 Å². The summed E-state index contributed by atoms with van der Waals surface area (Å²) >= 11 is 5.93. The molecule has 1 aliphatic rings. The SMILES string of the molecule is COc1ccc(Cl)cc1[C@H](N)C1CC1. The molecule has 0 unspecified atom stereocenters. The highest BCUT2D eigenvalue weighted by atomic mass is 35.5. The van der Waals surface area contributed by atoms with E-state index < -0.39 is 0 Å². The third-order valence-electron chi connectivity index (χ3n) is 2.68. The number of halogens is 1. The second kappa shape index (κ2) is 3.79. The topological polar surface area (TPSA) is 35.2 Å². The van der Waals surface area contributed by atoms with E-state index in [9.17, 15) is 0 Å². The number of ether oxygens (including phenoxy) is 1. The van der Waals surface area contributed by atoms with Crippen LogP contribution in [0.5, 0.6) is 5.75 Å². The number of hydrogen-bond donors (Lipinski definition) is 1. The zero-order chi connectivity index (χ0) is 10.1. The Kier molecular flexibility index (Phi) is 2.66. The van der Waals surface area contributed by atoms with Crippen molar-refractivity contribution >= 4 is 11.6 Å². The van der Waals surface area contributed by atoms with Crippen LogP contribution in [0, 0.1) is 5.92 Å². The van der Waals surface area contributed by atoms with E-state index in [0.29, 0.717) is 5.92 Å². The van der Waals surface area contributed by atoms with Gasteiger partial charge in [0, 0.05) is 16.6 Å². The van der Waals surface area contributed by atoms with Gasteiger partial charge in [0.05, 0.1) is 7.11 Å². The molecule has 0 amide bonds. The smallest absolute Gasteiger partial charge is 0.123 e. The van der Waals surface area contributed by atoms with Crippen LogP contribution in [-0.2, 0) is 0 Å². The number of methoxy groups -OCH3 is 1. The molecule has 2 N–H and O–H groups in total. The summed E-state index contributed by atoms with van der Waals surface area (Å²) in [4.78, 5) is 0. The minimum absolute atomic E-state index is 0.0728. The fraction of sp³-hybridized carbons (Fsp3) is 0.455. The minimum atomic E-state index is 0.0728. The zero-order valence-electron chi connectivity index (χ0n) is 8.16. The van der Waals surface area contributed by atoms with Crippen LogP contribution < -0.4 is 10.5 Å². The van der Waals surface area contributed by atoms with Gasteiger partial charge in [-0.25, -0.2) is 0 Å². The predicted octanol–water partition coefficient (Wildman–Crippen LogP) is 2.76. The highest BCUT2D eigenvalue weighted by Gasteiger charge is 2.31. The summed E-state index contributed by atoms with van der Waals surface area (Å²) in [7, 11) is 1.66. The van der Waals surface area contributed by atoms with Gasteiger partial charge in [-0.05, 0) is 37.0 Å². The van der Waals surface area contributed by atoms with Crippen LogP contribution in [0.4, 0.5) is 0 Å². The van der Waals surface area contributed by atoms with Crippen molar-refractivity contribution in [2.24, 2.45) is 11.7 Å². The lowest BCUT2D eigenvalue weighted by molar-refractivity contribution is 0.403. The third-order valence-corrected chi connectivity index (χ3v) is 2.92. The molecule has 1 atom stereocenters. The van der Waals surface area contributed by atoms with Crippen LogP contribution in [0.25, 0.3) is 0 Å². The summed E-state index contributed by atoms with van der Waals surface area (Å²) in [5.41, 5.74) is 7.14. The van der Waals surface area contributed by atoms with Crippen LogP contribution in [0.15, 0.2) is 18.2 Å². The zero-order valence-corrected chi connectivity index (χ0v) is 8.92.